The van der Waals surface area contributed by atoms with Crippen LogP contribution < -0.4 is 10.2 Å². The first-order chi connectivity index (χ1) is 14.7. The molecule has 30 heavy (non-hydrogen) atoms. The monoisotopic (exact) mass is 418 g/mol. The third kappa shape index (κ3) is 3.79. The number of aromatic amines is 1. The molecule has 2 aromatic carbocycles. The molecule has 0 unspecified atom stereocenters. The number of thiazole rings is 1. The number of nitrogens with zero attached hydrogens (tertiary/aromatic N) is 2. The van der Waals surface area contributed by atoms with E-state index in [1.807, 2.05) is 36.5 Å². The summed E-state index contributed by atoms with van der Waals surface area (Å²) in [4.78, 5) is 23.1. The number of aromatic nitrogens is 2. The molecule has 2 N–H and O–H groups in total. The molecule has 5 nitrogen and oxygen atoms in total. The third-order valence-corrected chi connectivity index (χ3v) is 7.13. The van der Waals surface area contributed by atoms with E-state index in [0.29, 0.717) is 12.1 Å². The molecule has 0 aliphatic carbocycles. The zero-order chi connectivity index (χ0) is 20.5. The largest absolute Gasteiger partial charge is 0.361 e. The van der Waals surface area contributed by atoms with Gasteiger partial charge in [0, 0.05) is 42.3 Å². The van der Waals surface area contributed by atoms with Crippen LogP contribution in [0.4, 0.5) is 5.13 Å². The van der Waals surface area contributed by atoms with Gasteiger partial charge in [-0.2, -0.15) is 0 Å². The van der Waals surface area contributed by atoms with Crippen molar-refractivity contribution in [1.29, 1.82) is 0 Å². The van der Waals surface area contributed by atoms with Crippen molar-refractivity contribution in [3.05, 3.63) is 59.8 Å². The molecule has 1 aliphatic rings. The Morgan fingerprint density at radius 1 is 1.23 bits per heavy atom. The zero-order valence-electron chi connectivity index (χ0n) is 17.1. The molecule has 1 amide bonds. The first kappa shape index (κ1) is 19.1. The van der Waals surface area contributed by atoms with Gasteiger partial charge in [0.25, 0.3) is 5.91 Å². The fraction of sp³-hybridized carbons (Fsp3) is 0.333. The number of hydrogen-bond acceptors (Lipinski definition) is 4. The highest BCUT2D eigenvalue weighted by molar-refractivity contribution is 7.22. The number of anilines is 1. The van der Waals surface area contributed by atoms with E-state index in [1.54, 1.807) is 11.3 Å². The van der Waals surface area contributed by atoms with Gasteiger partial charge in [0.1, 0.15) is 0 Å². The molecule has 0 radical (unpaired) electrons. The van der Waals surface area contributed by atoms with Crippen molar-refractivity contribution < 1.29 is 4.79 Å². The molecule has 0 atom stereocenters. The Hall–Kier alpha value is -2.86. The van der Waals surface area contributed by atoms with E-state index in [1.165, 1.54) is 23.8 Å². The molecule has 6 heteroatoms. The van der Waals surface area contributed by atoms with Gasteiger partial charge in [-0.1, -0.05) is 36.5 Å². The molecule has 0 bridgehead atoms. The lowest BCUT2D eigenvalue weighted by Crippen LogP contribution is -2.32. The Balaban J connectivity index is 1.24. The van der Waals surface area contributed by atoms with Crippen molar-refractivity contribution in [3.63, 3.8) is 0 Å². The van der Waals surface area contributed by atoms with Gasteiger partial charge in [-0.3, -0.25) is 4.79 Å². The molecule has 1 aliphatic heterocycles. The first-order valence-corrected chi connectivity index (χ1v) is 11.5. The number of benzene rings is 2. The Labute approximate surface area is 180 Å². The summed E-state index contributed by atoms with van der Waals surface area (Å²) in [6.07, 6.45) is 5.28. The third-order valence-electron chi connectivity index (χ3n) is 6.05. The SMILES string of the molecule is CC1CCN(c2nc3ccc(C(=O)NCCc4c[nH]c5ccccc45)cc3s2)CC1. The van der Waals surface area contributed by atoms with Gasteiger partial charge in [0.05, 0.1) is 10.2 Å². The fourth-order valence-electron chi connectivity index (χ4n) is 4.14. The second kappa shape index (κ2) is 8.11. The summed E-state index contributed by atoms with van der Waals surface area (Å²) in [5, 5.41) is 5.36. The summed E-state index contributed by atoms with van der Waals surface area (Å²) < 4.78 is 1.08. The van der Waals surface area contributed by atoms with Crippen LogP contribution in [-0.2, 0) is 6.42 Å². The highest BCUT2D eigenvalue weighted by atomic mass is 32.1. The van der Waals surface area contributed by atoms with Crippen LogP contribution in [0.1, 0.15) is 35.7 Å². The lowest BCUT2D eigenvalue weighted by molar-refractivity contribution is 0.0954. The van der Waals surface area contributed by atoms with Crippen molar-refractivity contribution in [3.8, 4) is 0 Å². The van der Waals surface area contributed by atoms with E-state index in [9.17, 15) is 4.79 Å². The van der Waals surface area contributed by atoms with Crippen molar-refractivity contribution >= 4 is 43.5 Å². The summed E-state index contributed by atoms with van der Waals surface area (Å²) in [5.74, 6) is 0.772. The molecule has 5 rings (SSSR count). The number of para-hydroxylation sites is 1. The van der Waals surface area contributed by atoms with Crippen LogP contribution in [0.15, 0.2) is 48.7 Å². The minimum atomic E-state index is -0.0292. The van der Waals surface area contributed by atoms with Crippen LogP contribution in [0.25, 0.3) is 21.1 Å². The minimum absolute atomic E-state index is 0.0292. The van der Waals surface area contributed by atoms with Gasteiger partial charge in [-0.25, -0.2) is 4.98 Å². The van der Waals surface area contributed by atoms with Gasteiger partial charge in [-0.15, -0.1) is 0 Å². The highest BCUT2D eigenvalue weighted by Gasteiger charge is 2.19. The van der Waals surface area contributed by atoms with Crippen LogP contribution in [0, 0.1) is 5.92 Å². The zero-order valence-corrected chi connectivity index (χ0v) is 18.0. The molecular weight excluding hydrogens is 392 g/mol. The number of rotatable bonds is 5. The number of H-pyrrole nitrogens is 1. The number of nitrogens with one attached hydrogen (secondary N) is 2. The molecule has 1 saturated heterocycles. The Bertz CT molecular complexity index is 1190. The van der Waals surface area contributed by atoms with Crippen LogP contribution >= 0.6 is 11.3 Å². The van der Waals surface area contributed by atoms with E-state index < -0.39 is 0 Å². The van der Waals surface area contributed by atoms with Gasteiger partial charge >= 0.3 is 0 Å². The number of carbonyl (C=O) groups is 1. The van der Waals surface area contributed by atoms with Crippen LogP contribution in [0.3, 0.4) is 0 Å². The number of piperidine rings is 1. The number of amides is 1. The van der Waals surface area contributed by atoms with Crippen molar-refractivity contribution in [2.45, 2.75) is 26.2 Å². The predicted octanol–water partition coefficient (Wildman–Crippen LogP) is 4.99. The molecule has 4 aromatic rings. The Kier molecular flexibility index (Phi) is 5.17. The smallest absolute Gasteiger partial charge is 0.251 e. The van der Waals surface area contributed by atoms with E-state index in [2.05, 4.69) is 34.3 Å². The first-order valence-electron chi connectivity index (χ1n) is 10.7. The minimum Gasteiger partial charge on any atom is -0.361 e. The molecule has 3 heterocycles. The lowest BCUT2D eigenvalue weighted by atomic mass is 10.00. The summed E-state index contributed by atoms with van der Waals surface area (Å²) in [5.41, 5.74) is 4.03. The predicted molar refractivity (Wildman–Crippen MR) is 125 cm³/mol. The highest BCUT2D eigenvalue weighted by Crippen LogP contribution is 2.32. The van der Waals surface area contributed by atoms with Crippen LogP contribution in [0.2, 0.25) is 0 Å². The lowest BCUT2D eigenvalue weighted by Gasteiger charge is -2.29. The Morgan fingerprint density at radius 2 is 2.07 bits per heavy atom. The maximum Gasteiger partial charge on any atom is 0.251 e. The van der Waals surface area contributed by atoms with E-state index in [4.69, 9.17) is 4.98 Å². The van der Waals surface area contributed by atoms with Gasteiger partial charge in [-0.05, 0) is 55.0 Å². The topological polar surface area (TPSA) is 61.0 Å². The van der Waals surface area contributed by atoms with Crippen molar-refractivity contribution in [2.24, 2.45) is 5.92 Å². The van der Waals surface area contributed by atoms with Gasteiger partial charge in [0.2, 0.25) is 0 Å². The van der Waals surface area contributed by atoms with Crippen LogP contribution in [0.5, 0.6) is 0 Å². The molecule has 154 valence electrons. The second-order valence-electron chi connectivity index (χ2n) is 8.21. The molecule has 0 spiro atoms. The summed E-state index contributed by atoms with van der Waals surface area (Å²) >= 11 is 1.69. The van der Waals surface area contributed by atoms with Crippen molar-refractivity contribution in [1.82, 2.24) is 15.3 Å². The van der Waals surface area contributed by atoms with Gasteiger partial charge in [0.15, 0.2) is 5.13 Å². The summed E-state index contributed by atoms with van der Waals surface area (Å²) in [7, 11) is 0. The quantitative estimate of drug-likeness (QED) is 0.480. The number of fused-ring (bicyclic) bond motifs is 2. The maximum absolute atomic E-state index is 12.7. The summed E-state index contributed by atoms with van der Waals surface area (Å²) in [6.45, 7) is 5.07. The average molecular weight is 419 g/mol. The van der Waals surface area contributed by atoms with E-state index >= 15 is 0 Å². The molecule has 1 fully saturated rings. The second-order valence-corrected chi connectivity index (χ2v) is 9.22. The Morgan fingerprint density at radius 3 is 2.93 bits per heavy atom. The van der Waals surface area contributed by atoms with Crippen LogP contribution in [-0.4, -0.2) is 35.5 Å². The number of carbonyl (C=O) groups excluding carboxylic acids is 1. The average Bonchev–Trinajstić information content (AvgIpc) is 3.38. The maximum atomic E-state index is 12.7. The number of hydrogen-bond donors (Lipinski definition) is 2. The van der Waals surface area contributed by atoms with E-state index in [-0.39, 0.29) is 5.91 Å². The molecule has 2 aromatic heterocycles. The van der Waals surface area contributed by atoms with E-state index in [0.717, 1.165) is 46.3 Å². The normalized spacial score (nSPS) is 15.2. The fourth-order valence-corrected chi connectivity index (χ4v) is 5.20. The van der Waals surface area contributed by atoms with Gasteiger partial charge < -0.3 is 15.2 Å². The summed E-state index contributed by atoms with van der Waals surface area (Å²) in [6, 6.07) is 14.1. The molecule has 0 saturated carbocycles. The van der Waals surface area contributed by atoms with Crippen molar-refractivity contribution in [2.75, 3.05) is 24.5 Å². The molecular formula is C24H26N4OS. The standard InChI is InChI=1S/C24H26N4OS/c1-16-9-12-28(13-10-16)24-27-21-7-6-17(14-22(21)30-24)23(29)25-11-8-18-15-26-20-5-3-2-4-19(18)20/h2-7,14-16,26H,8-13H2,1H3,(H,25,29).